The quantitative estimate of drug-likeness (QED) is 0.799. The van der Waals surface area contributed by atoms with E-state index in [0.29, 0.717) is 19.6 Å². The standard InChI is InChI=1S/C18H18N4O2/c1-12-5-6-17(23)22(20-12)11-13-9-21(10-13)18(24)15-3-2-4-16-14(15)7-8-19-16/h2-8,13,19H,9-11H2,1H3. The summed E-state index contributed by atoms with van der Waals surface area (Å²) in [6, 6.07) is 10.9. The van der Waals surface area contributed by atoms with Crippen LogP contribution in [0.15, 0.2) is 47.4 Å². The van der Waals surface area contributed by atoms with Crippen LogP contribution in [-0.2, 0) is 6.54 Å². The van der Waals surface area contributed by atoms with Crippen molar-refractivity contribution in [3.63, 3.8) is 0 Å². The molecule has 0 unspecified atom stereocenters. The van der Waals surface area contributed by atoms with Gasteiger partial charge in [-0.15, -0.1) is 0 Å². The van der Waals surface area contributed by atoms with Crippen molar-refractivity contribution in [2.45, 2.75) is 13.5 Å². The van der Waals surface area contributed by atoms with Gasteiger partial charge in [0.25, 0.3) is 11.5 Å². The molecule has 6 nitrogen and oxygen atoms in total. The van der Waals surface area contributed by atoms with Crippen molar-refractivity contribution >= 4 is 16.8 Å². The first-order valence-corrected chi connectivity index (χ1v) is 8.02. The Balaban J connectivity index is 1.46. The SMILES string of the molecule is Cc1ccc(=O)n(CC2CN(C(=O)c3cccc4[nH]ccc34)C2)n1. The number of benzene rings is 1. The third kappa shape index (κ3) is 2.50. The fourth-order valence-electron chi connectivity index (χ4n) is 3.22. The molecule has 4 rings (SSSR count). The lowest BCUT2D eigenvalue weighted by Gasteiger charge is -2.39. The van der Waals surface area contributed by atoms with E-state index in [0.717, 1.165) is 22.2 Å². The first-order valence-electron chi connectivity index (χ1n) is 8.02. The molecule has 0 aliphatic carbocycles. The molecule has 0 radical (unpaired) electrons. The zero-order valence-corrected chi connectivity index (χ0v) is 13.4. The second-order valence-electron chi connectivity index (χ2n) is 6.32. The van der Waals surface area contributed by atoms with Crippen LogP contribution in [0.1, 0.15) is 16.1 Å². The fourth-order valence-corrected chi connectivity index (χ4v) is 3.22. The second kappa shape index (κ2) is 5.63. The van der Waals surface area contributed by atoms with Crippen LogP contribution in [0, 0.1) is 12.8 Å². The number of aryl methyl sites for hydroxylation is 1. The number of hydrogen-bond donors (Lipinski definition) is 1. The number of likely N-dealkylation sites (tertiary alicyclic amines) is 1. The van der Waals surface area contributed by atoms with E-state index >= 15 is 0 Å². The highest BCUT2D eigenvalue weighted by Crippen LogP contribution is 2.24. The van der Waals surface area contributed by atoms with Gasteiger partial charge in [0.1, 0.15) is 0 Å². The van der Waals surface area contributed by atoms with Crippen LogP contribution in [0.2, 0.25) is 0 Å². The van der Waals surface area contributed by atoms with E-state index in [1.807, 2.05) is 42.3 Å². The maximum Gasteiger partial charge on any atom is 0.266 e. The minimum absolute atomic E-state index is 0.0426. The molecule has 122 valence electrons. The van der Waals surface area contributed by atoms with Crippen LogP contribution in [0.5, 0.6) is 0 Å². The number of carbonyl (C=O) groups excluding carboxylic acids is 1. The van der Waals surface area contributed by atoms with E-state index in [4.69, 9.17) is 0 Å². The summed E-state index contributed by atoms with van der Waals surface area (Å²) < 4.78 is 1.49. The number of hydrogen-bond acceptors (Lipinski definition) is 3. The highest BCUT2D eigenvalue weighted by atomic mass is 16.2. The monoisotopic (exact) mass is 322 g/mol. The molecule has 24 heavy (non-hydrogen) atoms. The van der Waals surface area contributed by atoms with E-state index in [1.54, 1.807) is 6.07 Å². The Bertz CT molecular complexity index is 966. The Morgan fingerprint density at radius 2 is 2.08 bits per heavy atom. The van der Waals surface area contributed by atoms with Crippen molar-refractivity contribution in [2.24, 2.45) is 5.92 Å². The lowest BCUT2D eigenvalue weighted by Crippen LogP contribution is -2.52. The molecule has 1 aliphatic heterocycles. The summed E-state index contributed by atoms with van der Waals surface area (Å²) in [6.45, 7) is 3.73. The number of aromatic nitrogens is 3. The Hall–Kier alpha value is -2.89. The number of H-pyrrole nitrogens is 1. The van der Waals surface area contributed by atoms with E-state index in [9.17, 15) is 9.59 Å². The molecular weight excluding hydrogens is 304 g/mol. The Labute approximate surface area is 138 Å². The molecule has 1 N–H and O–H groups in total. The van der Waals surface area contributed by atoms with Gasteiger partial charge < -0.3 is 9.88 Å². The molecule has 2 aromatic heterocycles. The molecule has 1 saturated heterocycles. The molecule has 0 saturated carbocycles. The first-order chi connectivity index (χ1) is 11.6. The summed E-state index contributed by atoms with van der Waals surface area (Å²) >= 11 is 0. The fraction of sp³-hybridized carbons (Fsp3) is 0.278. The van der Waals surface area contributed by atoms with Gasteiger partial charge in [0.2, 0.25) is 0 Å². The Kier molecular flexibility index (Phi) is 3.45. The zero-order valence-electron chi connectivity index (χ0n) is 13.4. The van der Waals surface area contributed by atoms with Gasteiger partial charge in [0.05, 0.1) is 12.2 Å². The summed E-state index contributed by atoms with van der Waals surface area (Å²) in [6.07, 6.45) is 1.84. The van der Waals surface area contributed by atoms with Crippen molar-refractivity contribution in [1.82, 2.24) is 19.7 Å². The van der Waals surface area contributed by atoms with Gasteiger partial charge in [-0.2, -0.15) is 5.10 Å². The maximum absolute atomic E-state index is 12.7. The lowest BCUT2D eigenvalue weighted by molar-refractivity contribution is 0.0460. The summed E-state index contributed by atoms with van der Waals surface area (Å²) in [5.74, 6) is 0.312. The van der Waals surface area contributed by atoms with Gasteiger partial charge in [-0.05, 0) is 31.2 Å². The van der Waals surface area contributed by atoms with E-state index in [-0.39, 0.29) is 17.4 Å². The van der Waals surface area contributed by atoms with Crippen LogP contribution in [0.3, 0.4) is 0 Å². The maximum atomic E-state index is 12.7. The van der Waals surface area contributed by atoms with Crippen molar-refractivity contribution in [3.05, 3.63) is 64.2 Å². The molecule has 1 fully saturated rings. The molecule has 1 aromatic carbocycles. The molecule has 0 atom stereocenters. The number of carbonyl (C=O) groups is 1. The van der Waals surface area contributed by atoms with E-state index in [1.165, 1.54) is 10.7 Å². The third-order valence-corrected chi connectivity index (χ3v) is 4.50. The normalized spacial score (nSPS) is 14.8. The second-order valence-corrected chi connectivity index (χ2v) is 6.32. The van der Waals surface area contributed by atoms with Gasteiger partial charge in [0.15, 0.2) is 0 Å². The number of rotatable bonds is 3. The highest BCUT2D eigenvalue weighted by Gasteiger charge is 2.32. The average Bonchev–Trinajstić information content (AvgIpc) is 3.01. The van der Waals surface area contributed by atoms with E-state index in [2.05, 4.69) is 10.1 Å². The molecule has 0 spiro atoms. The minimum Gasteiger partial charge on any atom is -0.361 e. The predicted octanol–water partition coefficient (Wildman–Crippen LogP) is 1.81. The summed E-state index contributed by atoms with van der Waals surface area (Å²) in [5.41, 5.74) is 2.41. The number of nitrogens with zero attached hydrogens (tertiary/aromatic N) is 3. The topological polar surface area (TPSA) is 71.0 Å². The summed E-state index contributed by atoms with van der Waals surface area (Å²) in [4.78, 5) is 29.5. The third-order valence-electron chi connectivity index (χ3n) is 4.50. The Morgan fingerprint density at radius 1 is 1.25 bits per heavy atom. The van der Waals surface area contributed by atoms with E-state index < -0.39 is 0 Å². The summed E-state index contributed by atoms with van der Waals surface area (Å²) in [5, 5.41) is 5.20. The number of amides is 1. The number of aromatic amines is 1. The molecule has 3 heterocycles. The number of nitrogens with one attached hydrogen (secondary N) is 1. The zero-order chi connectivity index (χ0) is 16.7. The average molecular weight is 322 g/mol. The molecular formula is C18H18N4O2. The van der Waals surface area contributed by atoms with Crippen LogP contribution in [-0.4, -0.2) is 38.7 Å². The van der Waals surface area contributed by atoms with Crippen molar-refractivity contribution in [1.29, 1.82) is 0 Å². The largest absolute Gasteiger partial charge is 0.361 e. The smallest absolute Gasteiger partial charge is 0.266 e. The van der Waals surface area contributed by atoms with Crippen molar-refractivity contribution in [3.8, 4) is 0 Å². The molecule has 3 aromatic rings. The Morgan fingerprint density at radius 3 is 2.92 bits per heavy atom. The van der Waals surface area contributed by atoms with Gasteiger partial charge in [0, 0.05) is 47.7 Å². The van der Waals surface area contributed by atoms with Gasteiger partial charge in [-0.25, -0.2) is 4.68 Å². The van der Waals surface area contributed by atoms with Gasteiger partial charge in [-0.1, -0.05) is 6.07 Å². The molecule has 1 amide bonds. The summed E-state index contributed by atoms with van der Waals surface area (Å²) in [7, 11) is 0. The highest BCUT2D eigenvalue weighted by molar-refractivity contribution is 6.06. The van der Waals surface area contributed by atoms with Crippen LogP contribution >= 0.6 is 0 Å². The first kappa shape index (κ1) is 14.7. The van der Waals surface area contributed by atoms with Crippen LogP contribution in [0.25, 0.3) is 10.9 Å². The van der Waals surface area contributed by atoms with Crippen LogP contribution in [0.4, 0.5) is 0 Å². The van der Waals surface area contributed by atoms with Crippen molar-refractivity contribution in [2.75, 3.05) is 13.1 Å². The number of fused-ring (bicyclic) bond motifs is 1. The minimum atomic E-state index is -0.0949. The molecule has 0 bridgehead atoms. The van der Waals surface area contributed by atoms with Gasteiger partial charge in [-0.3, -0.25) is 9.59 Å². The molecule has 6 heteroatoms. The van der Waals surface area contributed by atoms with Crippen LogP contribution < -0.4 is 5.56 Å². The lowest BCUT2D eigenvalue weighted by atomic mass is 9.98. The molecule has 1 aliphatic rings. The van der Waals surface area contributed by atoms with Crippen molar-refractivity contribution < 1.29 is 4.79 Å². The predicted molar refractivity (Wildman–Crippen MR) is 90.9 cm³/mol. The van der Waals surface area contributed by atoms with Gasteiger partial charge >= 0.3 is 0 Å².